The first-order chi connectivity index (χ1) is 7.17. The Morgan fingerprint density at radius 3 is 2.67 bits per heavy atom. The van der Waals surface area contributed by atoms with E-state index in [2.05, 4.69) is 29.1 Å². The molecule has 1 aromatic heterocycles. The Morgan fingerprint density at radius 1 is 1.40 bits per heavy atom. The van der Waals surface area contributed by atoms with Crippen molar-refractivity contribution in [1.29, 1.82) is 0 Å². The Morgan fingerprint density at radius 2 is 2.07 bits per heavy atom. The second-order valence-corrected chi connectivity index (χ2v) is 3.82. The molecule has 0 unspecified atom stereocenters. The number of aromatic nitrogens is 2. The Bertz CT molecular complexity index is 307. The fourth-order valence-electron chi connectivity index (χ4n) is 1.45. The summed E-state index contributed by atoms with van der Waals surface area (Å²) in [5.74, 6) is 1.88. The van der Waals surface area contributed by atoms with Crippen LogP contribution in [0.1, 0.15) is 32.3 Å². The summed E-state index contributed by atoms with van der Waals surface area (Å²) in [4.78, 5) is 8.10. The van der Waals surface area contributed by atoms with Crippen molar-refractivity contribution in [3.05, 3.63) is 11.8 Å². The Labute approximate surface area is 91.3 Å². The molecule has 0 aromatic carbocycles. The smallest absolute Gasteiger partial charge is 0.221 e. The number of nitrogen functional groups attached to an aromatic ring is 1. The van der Waals surface area contributed by atoms with Gasteiger partial charge in [-0.05, 0) is 12.8 Å². The molecule has 0 fully saturated rings. The van der Waals surface area contributed by atoms with Gasteiger partial charge in [0.2, 0.25) is 5.95 Å². The van der Waals surface area contributed by atoms with Crippen LogP contribution in [0.2, 0.25) is 0 Å². The molecule has 0 saturated heterocycles. The predicted octanol–water partition coefficient (Wildman–Crippen LogP) is 2.22. The number of hydrogen-bond acceptors (Lipinski definition) is 4. The first-order valence-corrected chi connectivity index (χ1v) is 5.50. The molecule has 0 aliphatic rings. The molecule has 0 aliphatic heterocycles. The minimum Gasteiger partial charge on any atom is -0.369 e. The van der Waals surface area contributed by atoms with Crippen LogP contribution in [0.3, 0.4) is 0 Å². The summed E-state index contributed by atoms with van der Waals surface area (Å²) in [6.45, 7) is 7.34. The van der Waals surface area contributed by atoms with Crippen molar-refractivity contribution in [2.75, 3.05) is 17.6 Å². The third-order valence-electron chi connectivity index (χ3n) is 2.70. The number of aryl methyl sites for hydroxylation is 1. The minimum absolute atomic E-state index is 0.327. The normalized spacial score (nSPS) is 10.7. The third-order valence-corrected chi connectivity index (χ3v) is 2.70. The average molecular weight is 208 g/mol. The van der Waals surface area contributed by atoms with Crippen molar-refractivity contribution < 1.29 is 0 Å². The zero-order chi connectivity index (χ0) is 11.3. The SMILES string of the molecule is CCC(CC)CNc1nc(N)ncc1C. The predicted molar refractivity (Wildman–Crippen MR) is 63.7 cm³/mol. The number of rotatable bonds is 5. The second kappa shape index (κ2) is 5.53. The summed E-state index contributed by atoms with van der Waals surface area (Å²) in [6, 6.07) is 0. The van der Waals surface area contributed by atoms with Crippen LogP contribution < -0.4 is 11.1 Å². The van der Waals surface area contributed by atoms with Gasteiger partial charge >= 0.3 is 0 Å². The van der Waals surface area contributed by atoms with Gasteiger partial charge in [-0.1, -0.05) is 26.7 Å². The van der Waals surface area contributed by atoms with Crippen molar-refractivity contribution in [2.24, 2.45) is 5.92 Å². The summed E-state index contributed by atoms with van der Waals surface area (Å²) in [5, 5.41) is 3.32. The van der Waals surface area contributed by atoms with Crippen molar-refractivity contribution in [3.63, 3.8) is 0 Å². The van der Waals surface area contributed by atoms with Crippen LogP contribution in [0.5, 0.6) is 0 Å². The lowest BCUT2D eigenvalue weighted by Crippen LogP contribution is -2.15. The molecule has 0 radical (unpaired) electrons. The van der Waals surface area contributed by atoms with E-state index in [1.54, 1.807) is 6.20 Å². The molecular weight excluding hydrogens is 188 g/mol. The minimum atomic E-state index is 0.327. The van der Waals surface area contributed by atoms with Gasteiger partial charge in [0.05, 0.1) is 0 Å². The van der Waals surface area contributed by atoms with E-state index in [0.717, 1.165) is 17.9 Å². The summed E-state index contributed by atoms with van der Waals surface area (Å²) >= 11 is 0. The largest absolute Gasteiger partial charge is 0.369 e. The maximum absolute atomic E-state index is 5.54. The lowest BCUT2D eigenvalue weighted by Gasteiger charge is -2.14. The van der Waals surface area contributed by atoms with E-state index in [-0.39, 0.29) is 0 Å². The molecular formula is C11H20N4. The Hall–Kier alpha value is -1.32. The molecule has 0 spiro atoms. The van der Waals surface area contributed by atoms with Crippen LogP contribution in [0, 0.1) is 12.8 Å². The van der Waals surface area contributed by atoms with E-state index < -0.39 is 0 Å². The van der Waals surface area contributed by atoms with E-state index in [1.165, 1.54) is 12.8 Å². The number of anilines is 2. The maximum atomic E-state index is 5.54. The zero-order valence-corrected chi connectivity index (χ0v) is 9.75. The van der Waals surface area contributed by atoms with Crippen molar-refractivity contribution in [2.45, 2.75) is 33.6 Å². The van der Waals surface area contributed by atoms with Crippen molar-refractivity contribution in [3.8, 4) is 0 Å². The first-order valence-electron chi connectivity index (χ1n) is 5.50. The van der Waals surface area contributed by atoms with E-state index in [4.69, 9.17) is 5.73 Å². The molecule has 15 heavy (non-hydrogen) atoms. The monoisotopic (exact) mass is 208 g/mol. The van der Waals surface area contributed by atoms with Gasteiger partial charge in [-0.2, -0.15) is 4.98 Å². The molecule has 1 aromatic rings. The fourth-order valence-corrected chi connectivity index (χ4v) is 1.45. The highest BCUT2D eigenvalue weighted by molar-refractivity contribution is 5.44. The van der Waals surface area contributed by atoms with E-state index in [9.17, 15) is 0 Å². The van der Waals surface area contributed by atoms with Crippen molar-refractivity contribution >= 4 is 11.8 Å². The molecule has 0 atom stereocenters. The summed E-state index contributed by atoms with van der Waals surface area (Å²) in [5.41, 5.74) is 6.57. The molecule has 1 heterocycles. The van der Waals surface area contributed by atoms with Gasteiger partial charge < -0.3 is 11.1 Å². The number of nitrogens with two attached hydrogens (primary N) is 1. The van der Waals surface area contributed by atoms with Gasteiger partial charge in [0.1, 0.15) is 5.82 Å². The molecule has 0 aliphatic carbocycles. The topological polar surface area (TPSA) is 63.8 Å². The summed E-state index contributed by atoms with van der Waals surface area (Å²) in [7, 11) is 0. The van der Waals surface area contributed by atoms with Gasteiger partial charge in [0, 0.05) is 18.3 Å². The molecule has 3 N–H and O–H groups in total. The molecule has 0 saturated carbocycles. The van der Waals surface area contributed by atoms with Crippen molar-refractivity contribution in [1.82, 2.24) is 9.97 Å². The number of hydrogen-bond donors (Lipinski definition) is 2. The number of nitrogens with zero attached hydrogens (tertiary/aromatic N) is 2. The fraction of sp³-hybridized carbons (Fsp3) is 0.636. The molecule has 0 amide bonds. The summed E-state index contributed by atoms with van der Waals surface area (Å²) in [6.07, 6.45) is 4.11. The highest BCUT2D eigenvalue weighted by atomic mass is 15.1. The molecule has 84 valence electrons. The molecule has 4 nitrogen and oxygen atoms in total. The van der Waals surface area contributed by atoms with Crippen LogP contribution in [0.25, 0.3) is 0 Å². The Kier molecular flexibility index (Phi) is 4.34. The van der Waals surface area contributed by atoms with Gasteiger partial charge in [0.25, 0.3) is 0 Å². The average Bonchev–Trinajstić information content (AvgIpc) is 2.24. The van der Waals surface area contributed by atoms with Crippen LogP contribution in [0.15, 0.2) is 6.20 Å². The van der Waals surface area contributed by atoms with Crippen LogP contribution in [-0.4, -0.2) is 16.5 Å². The van der Waals surface area contributed by atoms with Crippen LogP contribution in [0.4, 0.5) is 11.8 Å². The van der Waals surface area contributed by atoms with Crippen LogP contribution in [-0.2, 0) is 0 Å². The van der Waals surface area contributed by atoms with E-state index in [1.807, 2.05) is 6.92 Å². The zero-order valence-electron chi connectivity index (χ0n) is 9.75. The van der Waals surface area contributed by atoms with Gasteiger partial charge in [0.15, 0.2) is 0 Å². The standard InChI is InChI=1S/C11H20N4/c1-4-9(5-2)7-13-10-8(3)6-14-11(12)15-10/h6,9H,4-5,7H2,1-3H3,(H3,12,13,14,15). The van der Waals surface area contributed by atoms with Gasteiger partial charge in [-0.3, -0.25) is 0 Å². The lowest BCUT2D eigenvalue weighted by molar-refractivity contribution is 0.518. The summed E-state index contributed by atoms with van der Waals surface area (Å²) < 4.78 is 0. The highest BCUT2D eigenvalue weighted by Crippen LogP contribution is 2.13. The maximum Gasteiger partial charge on any atom is 0.221 e. The first kappa shape index (κ1) is 11.8. The molecule has 4 heteroatoms. The van der Waals surface area contributed by atoms with E-state index in [0.29, 0.717) is 11.9 Å². The van der Waals surface area contributed by atoms with E-state index >= 15 is 0 Å². The second-order valence-electron chi connectivity index (χ2n) is 3.82. The number of nitrogens with one attached hydrogen (secondary N) is 1. The quantitative estimate of drug-likeness (QED) is 0.778. The lowest BCUT2D eigenvalue weighted by atomic mass is 10.0. The van der Waals surface area contributed by atoms with Gasteiger partial charge in [-0.15, -0.1) is 0 Å². The molecule has 0 bridgehead atoms. The van der Waals surface area contributed by atoms with Gasteiger partial charge in [-0.25, -0.2) is 4.98 Å². The highest BCUT2D eigenvalue weighted by Gasteiger charge is 2.05. The van der Waals surface area contributed by atoms with Crippen LogP contribution >= 0.6 is 0 Å². The third kappa shape index (κ3) is 3.38. The molecule has 1 rings (SSSR count). The Balaban J connectivity index is 2.60.